The van der Waals surface area contributed by atoms with Crippen LogP contribution in [0.4, 0.5) is 0 Å². The van der Waals surface area contributed by atoms with Gasteiger partial charge in [0.05, 0.1) is 18.9 Å². The lowest BCUT2D eigenvalue weighted by atomic mass is 9.78. The minimum Gasteiger partial charge on any atom is -0.497 e. The predicted molar refractivity (Wildman–Crippen MR) is 68.7 cm³/mol. The molecule has 0 bridgehead atoms. The Morgan fingerprint density at radius 3 is 2.58 bits per heavy atom. The Hall–Kier alpha value is -2.04. The van der Waals surface area contributed by atoms with Crippen molar-refractivity contribution in [3.8, 4) is 0 Å². The number of fused-ring (bicyclic) bond motifs is 1. The highest BCUT2D eigenvalue weighted by Crippen LogP contribution is 2.41. The monoisotopic (exact) mass is 263 g/mol. The molecule has 1 amide bonds. The van der Waals surface area contributed by atoms with Gasteiger partial charge < -0.3 is 15.2 Å². The second kappa shape index (κ2) is 4.57. The van der Waals surface area contributed by atoms with Gasteiger partial charge >= 0.3 is 0 Å². The number of ether oxygens (including phenoxy) is 2. The normalized spacial score (nSPS) is 26.7. The Morgan fingerprint density at radius 1 is 1.42 bits per heavy atom. The maximum atomic E-state index is 12.3. The molecule has 0 saturated carbocycles. The predicted octanol–water partition coefficient (Wildman–Crippen LogP) is 1.21. The van der Waals surface area contributed by atoms with Crippen LogP contribution >= 0.6 is 0 Å². The van der Waals surface area contributed by atoms with Gasteiger partial charge in [-0.2, -0.15) is 0 Å². The van der Waals surface area contributed by atoms with Crippen molar-refractivity contribution < 1.29 is 19.1 Å². The second-order valence-corrected chi connectivity index (χ2v) is 4.80. The highest BCUT2D eigenvalue weighted by atomic mass is 16.5. The summed E-state index contributed by atoms with van der Waals surface area (Å²) in [7, 11) is 1.41. The molecular formula is C14H17NO4. The molecule has 0 fully saturated rings. The third kappa shape index (κ3) is 1.85. The zero-order valence-electron chi connectivity index (χ0n) is 11.4. The molecule has 0 radical (unpaired) electrons. The molecule has 1 aliphatic heterocycles. The van der Waals surface area contributed by atoms with Crippen LogP contribution in [0.15, 0.2) is 34.3 Å². The van der Waals surface area contributed by atoms with E-state index >= 15 is 0 Å². The summed E-state index contributed by atoms with van der Waals surface area (Å²) in [5, 5.41) is 0. The first-order chi connectivity index (χ1) is 8.90. The molecule has 0 aromatic rings. The molecule has 1 heterocycles. The van der Waals surface area contributed by atoms with Crippen LogP contribution in [0, 0.1) is 5.92 Å². The molecule has 2 atom stereocenters. The number of Topliss-reactive ketones (excluding diaryl/α,β-unsaturated/α-hetero) is 1. The number of allylic oxidation sites excluding steroid dienone is 2. The molecule has 0 saturated heterocycles. The molecule has 19 heavy (non-hydrogen) atoms. The van der Waals surface area contributed by atoms with E-state index < -0.39 is 5.91 Å². The van der Waals surface area contributed by atoms with E-state index in [1.807, 2.05) is 13.8 Å². The molecule has 2 aliphatic rings. The Labute approximate surface area is 111 Å². The number of hydrogen-bond donors (Lipinski definition) is 1. The second-order valence-electron chi connectivity index (χ2n) is 4.80. The van der Waals surface area contributed by atoms with Crippen molar-refractivity contribution in [1.82, 2.24) is 0 Å². The van der Waals surface area contributed by atoms with Gasteiger partial charge in [0.1, 0.15) is 17.4 Å². The molecule has 102 valence electrons. The maximum Gasteiger partial charge on any atom is 0.256 e. The van der Waals surface area contributed by atoms with E-state index in [2.05, 4.69) is 0 Å². The van der Waals surface area contributed by atoms with Crippen molar-refractivity contribution in [2.45, 2.75) is 26.9 Å². The minimum absolute atomic E-state index is 0.0327. The van der Waals surface area contributed by atoms with Crippen molar-refractivity contribution in [3.63, 3.8) is 0 Å². The van der Waals surface area contributed by atoms with Crippen LogP contribution < -0.4 is 5.73 Å². The molecule has 0 aromatic heterocycles. The minimum atomic E-state index is -0.785. The van der Waals surface area contributed by atoms with Gasteiger partial charge in [0, 0.05) is 11.5 Å². The van der Waals surface area contributed by atoms with Crippen LogP contribution in [-0.2, 0) is 19.1 Å². The summed E-state index contributed by atoms with van der Waals surface area (Å²) >= 11 is 0. The topological polar surface area (TPSA) is 78.6 Å². The van der Waals surface area contributed by atoms with Gasteiger partial charge in [-0.3, -0.25) is 9.59 Å². The lowest BCUT2D eigenvalue weighted by Crippen LogP contribution is -2.33. The molecule has 0 spiro atoms. The van der Waals surface area contributed by atoms with Gasteiger partial charge in [0.15, 0.2) is 5.78 Å². The Kier molecular flexibility index (Phi) is 3.22. The Balaban J connectivity index is 2.69. The third-order valence-corrected chi connectivity index (χ3v) is 3.74. The van der Waals surface area contributed by atoms with Crippen molar-refractivity contribution in [1.29, 1.82) is 0 Å². The number of methoxy groups -OCH3 is 1. The fraction of sp³-hybridized carbons (Fsp3) is 0.429. The molecule has 1 aliphatic carbocycles. The van der Waals surface area contributed by atoms with Gasteiger partial charge in [-0.05, 0) is 19.4 Å². The number of primary amides is 1. The van der Waals surface area contributed by atoms with Gasteiger partial charge in [-0.15, -0.1) is 0 Å². The van der Waals surface area contributed by atoms with Crippen LogP contribution in [0.25, 0.3) is 0 Å². The fourth-order valence-electron chi connectivity index (χ4n) is 2.54. The van der Waals surface area contributed by atoms with Crippen molar-refractivity contribution in [3.05, 3.63) is 34.3 Å². The van der Waals surface area contributed by atoms with Crippen molar-refractivity contribution in [2.75, 3.05) is 7.11 Å². The van der Waals surface area contributed by atoms with Gasteiger partial charge in [-0.25, -0.2) is 0 Å². The summed E-state index contributed by atoms with van der Waals surface area (Å²) in [6.45, 7) is 5.62. The van der Waals surface area contributed by atoms with Gasteiger partial charge in [0.25, 0.3) is 5.91 Å². The van der Waals surface area contributed by atoms with Crippen LogP contribution in [-0.4, -0.2) is 24.9 Å². The lowest BCUT2D eigenvalue weighted by molar-refractivity contribution is -0.119. The first-order valence-corrected chi connectivity index (χ1v) is 6.10. The average Bonchev–Trinajstić information content (AvgIpc) is 2.36. The van der Waals surface area contributed by atoms with Crippen molar-refractivity contribution in [2.24, 2.45) is 11.7 Å². The standard InChI is InChI=1S/C14H17NO4/c1-6-8(3)19-5-9-10(6)7(2)12(16)11(14(15)17)13(9)18-4/h5-6,8H,1-4H3,(H2,15,17). The van der Waals surface area contributed by atoms with E-state index in [4.69, 9.17) is 15.2 Å². The molecule has 2 rings (SSSR count). The highest BCUT2D eigenvalue weighted by molar-refractivity contribution is 6.27. The number of amides is 1. The number of carbonyl (C=O) groups is 2. The molecule has 5 heteroatoms. The van der Waals surface area contributed by atoms with Crippen LogP contribution in [0.2, 0.25) is 0 Å². The first kappa shape index (κ1) is 13.4. The molecule has 0 aromatic carbocycles. The summed E-state index contributed by atoms with van der Waals surface area (Å²) in [6.07, 6.45) is 1.51. The average molecular weight is 263 g/mol. The number of rotatable bonds is 2. The quantitative estimate of drug-likeness (QED) is 0.759. The summed E-state index contributed by atoms with van der Waals surface area (Å²) in [4.78, 5) is 23.8. The highest BCUT2D eigenvalue weighted by Gasteiger charge is 2.39. The lowest BCUT2D eigenvalue weighted by Gasteiger charge is -2.34. The van der Waals surface area contributed by atoms with Crippen LogP contribution in [0.3, 0.4) is 0 Å². The van der Waals surface area contributed by atoms with E-state index in [1.165, 1.54) is 13.4 Å². The first-order valence-electron chi connectivity index (χ1n) is 6.10. The number of ketones is 1. The van der Waals surface area contributed by atoms with Crippen molar-refractivity contribution >= 4 is 11.7 Å². The fourth-order valence-corrected chi connectivity index (χ4v) is 2.54. The van der Waals surface area contributed by atoms with Gasteiger partial charge in [0.2, 0.25) is 0 Å². The summed E-state index contributed by atoms with van der Waals surface area (Å²) < 4.78 is 10.7. The molecular weight excluding hydrogens is 246 g/mol. The van der Waals surface area contributed by atoms with E-state index in [0.29, 0.717) is 11.1 Å². The number of hydrogen-bond acceptors (Lipinski definition) is 4. The zero-order chi connectivity index (χ0) is 14.3. The number of carbonyl (C=O) groups excluding carboxylic acids is 2. The SMILES string of the molecule is COC1=C(C(N)=O)C(=O)C(C)=C2C1=COC(C)C2C. The van der Waals surface area contributed by atoms with Crippen LogP contribution in [0.5, 0.6) is 0 Å². The summed E-state index contributed by atoms with van der Waals surface area (Å²) in [6, 6.07) is 0. The summed E-state index contributed by atoms with van der Waals surface area (Å²) in [5.74, 6) is -0.898. The van der Waals surface area contributed by atoms with E-state index in [0.717, 1.165) is 5.57 Å². The zero-order valence-corrected chi connectivity index (χ0v) is 11.4. The number of nitrogens with two attached hydrogens (primary N) is 1. The van der Waals surface area contributed by atoms with Crippen LogP contribution in [0.1, 0.15) is 20.8 Å². The maximum absolute atomic E-state index is 12.3. The largest absolute Gasteiger partial charge is 0.497 e. The molecule has 2 unspecified atom stereocenters. The van der Waals surface area contributed by atoms with E-state index in [-0.39, 0.29) is 29.1 Å². The molecule has 2 N–H and O–H groups in total. The van der Waals surface area contributed by atoms with E-state index in [9.17, 15) is 9.59 Å². The smallest absolute Gasteiger partial charge is 0.256 e. The third-order valence-electron chi connectivity index (χ3n) is 3.74. The summed E-state index contributed by atoms with van der Waals surface area (Å²) in [5.41, 5.74) is 7.21. The van der Waals surface area contributed by atoms with Gasteiger partial charge in [-0.1, -0.05) is 6.92 Å². The van der Waals surface area contributed by atoms with E-state index in [1.54, 1.807) is 6.92 Å². The Morgan fingerprint density at radius 2 is 2.05 bits per heavy atom. The Bertz CT molecular complexity index is 554. The molecule has 5 nitrogen and oxygen atoms in total.